The molecule has 2 aliphatic heterocycles. The maximum atomic E-state index is 11.1. The maximum absolute atomic E-state index is 11.1. The number of hydrogen-bond donors (Lipinski definition) is 0. The number of nitrogens with zero attached hydrogens (tertiary/aromatic N) is 1. The zero-order valence-corrected chi connectivity index (χ0v) is 5.55. The molecule has 0 aromatic heterocycles. The van der Waals surface area contributed by atoms with Crippen molar-refractivity contribution in [3.05, 3.63) is 0 Å². The molecule has 0 aromatic carbocycles. The van der Waals surface area contributed by atoms with Crippen LogP contribution in [0.4, 0.5) is 0 Å². The van der Waals surface area contributed by atoms with E-state index in [1.807, 2.05) is 0 Å². The molecule has 2 aliphatic rings. The van der Waals surface area contributed by atoms with Gasteiger partial charge in [-0.2, -0.15) is 0 Å². The lowest BCUT2D eigenvalue weighted by atomic mass is 10.1. The van der Waals surface area contributed by atoms with E-state index in [1.165, 1.54) is 11.5 Å². The van der Waals surface area contributed by atoms with Gasteiger partial charge in [-0.15, -0.1) is 10.3 Å². The Morgan fingerprint density at radius 1 is 1.00 bits per heavy atom. The molecule has 2 heteroatoms. The Balaban J connectivity index is 2.10. The summed E-state index contributed by atoms with van der Waals surface area (Å²) in [6.45, 7) is 0. The average molecular weight is 126 g/mol. The zero-order valence-electron chi connectivity index (χ0n) is 5.55. The molecule has 2 fully saturated rings. The van der Waals surface area contributed by atoms with Crippen LogP contribution in [0.5, 0.6) is 0 Å². The van der Waals surface area contributed by atoms with E-state index in [-0.39, 0.29) is 0 Å². The number of fused-ring (bicyclic) bond motifs is 2. The van der Waals surface area contributed by atoms with Gasteiger partial charge in [0, 0.05) is 12.1 Å². The van der Waals surface area contributed by atoms with Gasteiger partial charge < -0.3 is 0 Å². The minimum absolute atomic E-state index is 0.406. The van der Waals surface area contributed by atoms with Crippen molar-refractivity contribution in [3.8, 4) is 0 Å². The normalized spacial score (nSPS) is 43.7. The van der Waals surface area contributed by atoms with E-state index in [9.17, 15) is 5.21 Å². The van der Waals surface area contributed by atoms with Crippen LogP contribution in [0.1, 0.15) is 32.1 Å². The van der Waals surface area contributed by atoms with Gasteiger partial charge in [-0.3, -0.25) is 0 Å². The molecule has 1 radical (unpaired) electrons. The Hall–Kier alpha value is -0.0800. The fraction of sp³-hybridized carbons (Fsp3) is 1.00. The van der Waals surface area contributed by atoms with Crippen molar-refractivity contribution < 1.29 is 5.21 Å². The van der Waals surface area contributed by atoms with E-state index >= 15 is 0 Å². The van der Waals surface area contributed by atoms with E-state index in [0.29, 0.717) is 12.1 Å². The molecule has 2 atom stereocenters. The Kier molecular flexibility index (Phi) is 1.24. The van der Waals surface area contributed by atoms with E-state index in [4.69, 9.17) is 0 Å². The molecule has 0 aliphatic carbocycles. The minimum Gasteiger partial charge on any atom is -0.149 e. The molecule has 2 heterocycles. The molecule has 2 rings (SSSR count). The zero-order chi connectivity index (χ0) is 6.27. The van der Waals surface area contributed by atoms with Crippen LogP contribution < -0.4 is 0 Å². The number of piperidine rings is 1. The Morgan fingerprint density at radius 2 is 1.56 bits per heavy atom. The fourth-order valence-electron chi connectivity index (χ4n) is 2.07. The molecule has 2 saturated heterocycles. The van der Waals surface area contributed by atoms with Crippen LogP contribution in [0.25, 0.3) is 0 Å². The lowest BCUT2D eigenvalue weighted by Crippen LogP contribution is -2.35. The van der Waals surface area contributed by atoms with Crippen molar-refractivity contribution in [3.63, 3.8) is 0 Å². The van der Waals surface area contributed by atoms with E-state index < -0.39 is 0 Å². The molecule has 2 bridgehead atoms. The summed E-state index contributed by atoms with van der Waals surface area (Å²) in [6.07, 6.45) is 5.91. The van der Waals surface area contributed by atoms with Crippen molar-refractivity contribution in [2.75, 3.05) is 0 Å². The van der Waals surface area contributed by atoms with Crippen LogP contribution in [0.3, 0.4) is 0 Å². The van der Waals surface area contributed by atoms with Gasteiger partial charge >= 0.3 is 0 Å². The lowest BCUT2D eigenvalue weighted by Gasteiger charge is -2.25. The van der Waals surface area contributed by atoms with Gasteiger partial charge in [-0.05, 0) is 25.7 Å². The van der Waals surface area contributed by atoms with Gasteiger partial charge in [0.25, 0.3) is 0 Å². The third-order valence-electron chi connectivity index (χ3n) is 2.63. The van der Waals surface area contributed by atoms with Gasteiger partial charge in [-0.25, -0.2) is 0 Å². The van der Waals surface area contributed by atoms with Crippen LogP contribution in [0.15, 0.2) is 0 Å². The van der Waals surface area contributed by atoms with Gasteiger partial charge in [0.2, 0.25) is 0 Å². The standard InChI is InChI=1S/C7H12NO/c9-8-6-2-1-3-7(8)5-4-6/h6-7H,1-5H2. The maximum Gasteiger partial charge on any atom is 0.0387 e. The predicted octanol–water partition coefficient (Wildman–Crippen LogP) is 1.35. The van der Waals surface area contributed by atoms with E-state index in [2.05, 4.69) is 0 Å². The van der Waals surface area contributed by atoms with Crippen LogP contribution in [-0.2, 0) is 5.21 Å². The molecule has 51 valence electrons. The highest BCUT2D eigenvalue weighted by Crippen LogP contribution is 2.33. The summed E-state index contributed by atoms with van der Waals surface area (Å²) < 4.78 is 0. The lowest BCUT2D eigenvalue weighted by molar-refractivity contribution is -0.206. The second kappa shape index (κ2) is 1.96. The summed E-state index contributed by atoms with van der Waals surface area (Å²) in [4.78, 5) is 0. The van der Waals surface area contributed by atoms with Crippen molar-refractivity contribution in [1.29, 1.82) is 0 Å². The molecule has 0 amide bonds. The third kappa shape index (κ3) is 0.775. The first-order valence-corrected chi connectivity index (χ1v) is 3.83. The summed E-state index contributed by atoms with van der Waals surface area (Å²) in [6, 6.07) is 0.812. The van der Waals surface area contributed by atoms with Crippen LogP contribution >= 0.6 is 0 Å². The number of hydrogen-bond acceptors (Lipinski definition) is 1. The molecular weight excluding hydrogens is 114 g/mol. The smallest absolute Gasteiger partial charge is 0.0387 e. The van der Waals surface area contributed by atoms with Crippen LogP contribution in [-0.4, -0.2) is 17.1 Å². The van der Waals surface area contributed by atoms with Crippen molar-refractivity contribution >= 4 is 0 Å². The second-order valence-corrected chi connectivity index (χ2v) is 3.18. The van der Waals surface area contributed by atoms with Gasteiger partial charge in [0.1, 0.15) is 0 Å². The summed E-state index contributed by atoms with van der Waals surface area (Å²) >= 11 is 0. The van der Waals surface area contributed by atoms with Gasteiger partial charge in [0.05, 0.1) is 0 Å². The monoisotopic (exact) mass is 126 g/mol. The molecule has 9 heavy (non-hydrogen) atoms. The number of rotatable bonds is 0. The minimum atomic E-state index is 0.406. The van der Waals surface area contributed by atoms with Crippen molar-refractivity contribution in [2.24, 2.45) is 0 Å². The molecular formula is C7H12NO. The van der Waals surface area contributed by atoms with E-state index in [1.54, 1.807) is 0 Å². The molecule has 0 N–H and O–H groups in total. The predicted molar refractivity (Wildman–Crippen MR) is 33.2 cm³/mol. The first-order chi connectivity index (χ1) is 4.38. The molecule has 0 spiro atoms. The Morgan fingerprint density at radius 3 is 2.00 bits per heavy atom. The van der Waals surface area contributed by atoms with Crippen molar-refractivity contribution in [1.82, 2.24) is 5.06 Å². The van der Waals surface area contributed by atoms with Crippen LogP contribution in [0.2, 0.25) is 0 Å². The van der Waals surface area contributed by atoms with Crippen LogP contribution in [0, 0.1) is 0 Å². The van der Waals surface area contributed by atoms with Gasteiger partial charge in [-0.1, -0.05) is 6.42 Å². The second-order valence-electron chi connectivity index (χ2n) is 3.18. The van der Waals surface area contributed by atoms with E-state index in [0.717, 1.165) is 25.7 Å². The SMILES string of the molecule is [O]N1C2CCCC1CC2. The average Bonchev–Trinajstić information content (AvgIpc) is 2.19. The summed E-state index contributed by atoms with van der Waals surface area (Å²) in [5, 5.41) is 12.4. The Labute approximate surface area is 55.4 Å². The first-order valence-electron chi connectivity index (χ1n) is 3.83. The highest BCUT2D eigenvalue weighted by Gasteiger charge is 2.36. The molecule has 2 nitrogen and oxygen atoms in total. The third-order valence-corrected chi connectivity index (χ3v) is 2.63. The quantitative estimate of drug-likeness (QED) is 0.480. The summed E-state index contributed by atoms with van der Waals surface area (Å²) in [5.74, 6) is 0. The summed E-state index contributed by atoms with van der Waals surface area (Å²) in [7, 11) is 0. The first kappa shape index (κ1) is 5.69. The molecule has 2 unspecified atom stereocenters. The summed E-state index contributed by atoms with van der Waals surface area (Å²) in [5.41, 5.74) is 0. The molecule has 0 saturated carbocycles. The highest BCUT2D eigenvalue weighted by molar-refractivity contribution is 4.86. The van der Waals surface area contributed by atoms with Gasteiger partial charge in [0.15, 0.2) is 0 Å². The van der Waals surface area contributed by atoms with Crippen molar-refractivity contribution in [2.45, 2.75) is 44.2 Å². The molecule has 0 aromatic rings. The fourth-order valence-corrected chi connectivity index (χ4v) is 2.07. The highest BCUT2D eigenvalue weighted by atomic mass is 16.5. The Bertz CT molecular complexity index is 99.5. The number of hydroxylamine groups is 2. The largest absolute Gasteiger partial charge is 0.149 e. The topological polar surface area (TPSA) is 23.1 Å².